The van der Waals surface area contributed by atoms with E-state index in [9.17, 15) is 14.4 Å². The Bertz CT molecular complexity index is 722. The highest BCUT2D eigenvalue weighted by Gasteiger charge is 2.69. The predicted molar refractivity (Wildman–Crippen MR) is 102 cm³/mol. The van der Waals surface area contributed by atoms with Crippen LogP contribution in [0.3, 0.4) is 0 Å². The van der Waals surface area contributed by atoms with Gasteiger partial charge in [-0.15, -0.1) is 0 Å². The number of hydrogen-bond acceptors (Lipinski definition) is 4. The molecule has 3 fully saturated rings. The Hall–Kier alpha value is -1.45. The number of Topliss-reactive ketones (excluding diaryl/α,β-unsaturated/α-hetero) is 1. The largest absolute Gasteiger partial charge is 0.450 e. The van der Waals surface area contributed by atoms with Crippen LogP contribution in [0.5, 0.6) is 0 Å². The lowest BCUT2D eigenvalue weighted by molar-refractivity contribution is -0.191. The first-order valence-corrected chi connectivity index (χ1v) is 10.6. The Morgan fingerprint density at radius 2 is 1.85 bits per heavy atom. The molecular formula is C23H32O4. The number of carbonyl (C=O) groups excluding carboxylic acids is 3. The number of carbonyl (C=O) groups is 3. The van der Waals surface area contributed by atoms with Gasteiger partial charge < -0.3 is 4.74 Å². The van der Waals surface area contributed by atoms with Crippen molar-refractivity contribution >= 4 is 17.5 Å². The van der Waals surface area contributed by atoms with E-state index in [4.69, 9.17) is 4.74 Å². The molecule has 0 aromatic rings. The Balaban J connectivity index is 1.70. The fourth-order valence-electron chi connectivity index (χ4n) is 7.77. The van der Waals surface area contributed by atoms with E-state index in [1.807, 2.05) is 6.08 Å². The molecular weight excluding hydrogens is 340 g/mol. The first-order valence-electron chi connectivity index (χ1n) is 10.6. The van der Waals surface area contributed by atoms with Crippen LogP contribution in [-0.4, -0.2) is 23.1 Å². The highest BCUT2D eigenvalue weighted by atomic mass is 16.6. The van der Waals surface area contributed by atoms with Crippen LogP contribution in [0.1, 0.15) is 72.6 Å². The first kappa shape index (κ1) is 18.9. The van der Waals surface area contributed by atoms with Crippen molar-refractivity contribution in [1.82, 2.24) is 0 Å². The molecule has 0 radical (unpaired) electrons. The van der Waals surface area contributed by atoms with Crippen molar-refractivity contribution in [2.24, 2.45) is 35.0 Å². The summed E-state index contributed by atoms with van der Waals surface area (Å²) in [5, 5.41) is 0. The van der Waals surface area contributed by atoms with Crippen molar-refractivity contribution in [2.45, 2.75) is 78.2 Å². The van der Waals surface area contributed by atoms with Crippen molar-refractivity contribution in [3.63, 3.8) is 0 Å². The average molecular weight is 373 g/mol. The van der Waals surface area contributed by atoms with Gasteiger partial charge in [0.05, 0.1) is 0 Å². The van der Waals surface area contributed by atoms with Gasteiger partial charge in [-0.2, -0.15) is 0 Å². The zero-order chi connectivity index (χ0) is 19.6. The highest BCUT2D eigenvalue weighted by molar-refractivity contribution is 5.91. The van der Waals surface area contributed by atoms with Crippen molar-refractivity contribution in [1.29, 1.82) is 0 Å². The van der Waals surface area contributed by atoms with Gasteiger partial charge in [-0.1, -0.05) is 19.4 Å². The molecule has 4 aliphatic carbocycles. The van der Waals surface area contributed by atoms with Crippen molar-refractivity contribution in [2.75, 3.05) is 0 Å². The number of ketones is 2. The average Bonchev–Trinajstić information content (AvgIpc) is 2.82. The number of allylic oxidation sites excluding steroid dienone is 1. The minimum absolute atomic E-state index is 0.00769. The summed E-state index contributed by atoms with van der Waals surface area (Å²) in [5.41, 5.74) is 0.115. The lowest BCUT2D eigenvalue weighted by atomic mass is 9.50. The van der Waals surface area contributed by atoms with Gasteiger partial charge in [0, 0.05) is 24.7 Å². The number of hydrogen-bond donors (Lipinski definition) is 0. The Kier molecular flexibility index (Phi) is 4.40. The highest BCUT2D eigenvalue weighted by Crippen LogP contribution is 2.67. The Labute approximate surface area is 162 Å². The standard InChI is InChI=1S/C23H32O4/c1-13-11-21-20-7-5-16-12-17(26)6-8-18(16)19(20)9-10-22(21,4)23(13,14(2)24)27-15(3)25/h12-13,18-21H,5-11H2,1-4H3/t13-,18+,19-,20-,21+,22+,23-/m1/s1. The van der Waals surface area contributed by atoms with Gasteiger partial charge in [-0.3, -0.25) is 14.4 Å². The quantitative estimate of drug-likeness (QED) is 0.679. The second kappa shape index (κ2) is 6.28. The van der Waals surface area contributed by atoms with Gasteiger partial charge in [0.1, 0.15) is 0 Å². The summed E-state index contributed by atoms with van der Waals surface area (Å²) in [6, 6.07) is 0. The lowest BCUT2D eigenvalue weighted by Gasteiger charge is -2.55. The van der Waals surface area contributed by atoms with E-state index in [0.29, 0.717) is 35.9 Å². The molecule has 4 aliphatic rings. The third-order valence-electron chi connectivity index (χ3n) is 8.67. The number of fused-ring (bicyclic) bond motifs is 5. The van der Waals surface area contributed by atoms with E-state index in [0.717, 1.165) is 38.5 Å². The minimum Gasteiger partial charge on any atom is -0.450 e. The SMILES string of the molecule is CC(=O)O[C@@]1(C(C)=O)[C@H](C)C[C@H]2[C@@H]3CCC4=CC(=O)CC[C@@H]4[C@H]3CC[C@@]21C. The smallest absolute Gasteiger partial charge is 0.303 e. The van der Waals surface area contributed by atoms with Gasteiger partial charge in [-0.05, 0) is 75.2 Å². The molecule has 4 heteroatoms. The van der Waals surface area contributed by atoms with E-state index in [-0.39, 0.29) is 23.1 Å². The molecule has 0 spiro atoms. The van der Waals surface area contributed by atoms with Crippen LogP contribution < -0.4 is 0 Å². The van der Waals surface area contributed by atoms with Gasteiger partial charge in [0.25, 0.3) is 0 Å². The van der Waals surface area contributed by atoms with Crippen molar-refractivity contribution in [3.05, 3.63) is 11.6 Å². The van der Waals surface area contributed by atoms with E-state index in [1.54, 1.807) is 6.92 Å². The van der Waals surface area contributed by atoms with E-state index >= 15 is 0 Å². The fourth-order valence-corrected chi connectivity index (χ4v) is 7.77. The van der Waals surface area contributed by atoms with Crippen LogP contribution >= 0.6 is 0 Å². The molecule has 3 saturated carbocycles. The molecule has 0 saturated heterocycles. The molecule has 4 rings (SSSR count). The van der Waals surface area contributed by atoms with E-state index < -0.39 is 5.60 Å². The van der Waals surface area contributed by atoms with Crippen LogP contribution in [0.15, 0.2) is 11.6 Å². The Morgan fingerprint density at radius 1 is 1.11 bits per heavy atom. The third-order valence-corrected chi connectivity index (χ3v) is 8.67. The Morgan fingerprint density at radius 3 is 2.52 bits per heavy atom. The maximum atomic E-state index is 12.9. The van der Waals surface area contributed by atoms with Crippen LogP contribution in [0, 0.1) is 35.0 Å². The van der Waals surface area contributed by atoms with Crippen LogP contribution in [0.2, 0.25) is 0 Å². The van der Waals surface area contributed by atoms with Crippen LogP contribution in [0.25, 0.3) is 0 Å². The fraction of sp³-hybridized carbons (Fsp3) is 0.783. The van der Waals surface area contributed by atoms with Gasteiger partial charge in [0.15, 0.2) is 17.2 Å². The molecule has 7 atom stereocenters. The van der Waals surface area contributed by atoms with Crippen LogP contribution in [0.4, 0.5) is 0 Å². The second-order valence-electron chi connectivity index (χ2n) is 9.78. The van der Waals surface area contributed by atoms with Crippen molar-refractivity contribution in [3.8, 4) is 0 Å². The first-order chi connectivity index (χ1) is 12.7. The summed E-state index contributed by atoms with van der Waals surface area (Å²) in [7, 11) is 0. The molecule has 0 amide bonds. The zero-order valence-corrected chi connectivity index (χ0v) is 17.0. The van der Waals surface area contributed by atoms with Gasteiger partial charge in [-0.25, -0.2) is 0 Å². The molecule has 0 heterocycles. The molecule has 0 aliphatic heterocycles. The van der Waals surface area contributed by atoms with Gasteiger partial charge in [0.2, 0.25) is 0 Å². The third kappa shape index (κ3) is 2.51. The predicted octanol–water partition coefficient (Wildman–Crippen LogP) is 4.27. The molecule has 27 heavy (non-hydrogen) atoms. The second-order valence-corrected chi connectivity index (χ2v) is 9.78. The molecule has 0 bridgehead atoms. The van der Waals surface area contributed by atoms with Gasteiger partial charge >= 0.3 is 5.97 Å². The summed E-state index contributed by atoms with van der Waals surface area (Å²) >= 11 is 0. The molecule has 4 nitrogen and oxygen atoms in total. The number of esters is 1. The normalized spacial score (nSPS) is 46.0. The topological polar surface area (TPSA) is 60.4 Å². The monoisotopic (exact) mass is 372 g/mol. The minimum atomic E-state index is -0.979. The van der Waals surface area contributed by atoms with E-state index in [2.05, 4.69) is 13.8 Å². The molecule has 148 valence electrons. The molecule has 0 unspecified atom stereocenters. The molecule has 0 N–H and O–H groups in total. The molecule has 0 aromatic heterocycles. The van der Waals surface area contributed by atoms with Crippen LogP contribution in [-0.2, 0) is 19.1 Å². The summed E-state index contributed by atoms with van der Waals surface area (Å²) in [4.78, 5) is 36.7. The maximum absolute atomic E-state index is 12.9. The summed E-state index contributed by atoms with van der Waals surface area (Å²) < 4.78 is 5.90. The number of rotatable bonds is 2. The van der Waals surface area contributed by atoms with Crippen molar-refractivity contribution < 1.29 is 19.1 Å². The zero-order valence-electron chi connectivity index (χ0n) is 17.0. The van der Waals surface area contributed by atoms with E-state index in [1.165, 1.54) is 12.5 Å². The summed E-state index contributed by atoms with van der Waals surface area (Å²) in [6.07, 6.45) is 8.65. The summed E-state index contributed by atoms with van der Waals surface area (Å²) in [5.74, 6) is 2.14. The molecule has 0 aromatic carbocycles. The number of ether oxygens (including phenoxy) is 1. The lowest BCUT2D eigenvalue weighted by Crippen LogP contribution is -2.59. The summed E-state index contributed by atoms with van der Waals surface area (Å²) in [6.45, 7) is 7.33. The maximum Gasteiger partial charge on any atom is 0.303 e.